The van der Waals surface area contributed by atoms with Gasteiger partial charge in [-0.1, -0.05) is 6.07 Å². The molecule has 0 saturated carbocycles. The lowest BCUT2D eigenvalue weighted by atomic mass is 10.1. The number of H-pyrrole nitrogens is 1. The van der Waals surface area contributed by atoms with Crippen molar-refractivity contribution < 1.29 is 13.2 Å². The third kappa shape index (κ3) is 3.37. The number of aromatic nitrogens is 4. The molecule has 3 aromatic heterocycles. The summed E-state index contributed by atoms with van der Waals surface area (Å²) in [7, 11) is 0. The van der Waals surface area contributed by atoms with E-state index in [1.165, 1.54) is 0 Å². The van der Waals surface area contributed by atoms with Gasteiger partial charge in [-0.25, -0.2) is 0 Å². The number of anilines is 3. The largest absolute Gasteiger partial charge is 0.405 e. The Hall–Kier alpha value is -3.36. The molecule has 4 rings (SSSR count). The Bertz CT molecular complexity index is 1070. The summed E-state index contributed by atoms with van der Waals surface area (Å²) in [6.07, 6.45) is 0.699. The number of hydrogen-bond donors (Lipinski definition) is 3. The van der Waals surface area contributed by atoms with Crippen LogP contribution in [0.15, 0.2) is 48.9 Å². The molecule has 132 valence electrons. The van der Waals surface area contributed by atoms with Crippen LogP contribution in [0, 0.1) is 0 Å². The molecule has 4 aromatic rings. The van der Waals surface area contributed by atoms with Crippen molar-refractivity contribution in [3.8, 4) is 0 Å². The number of nitrogens with zero attached hydrogens (tertiary/aromatic N) is 3. The van der Waals surface area contributed by atoms with E-state index in [1.807, 2.05) is 24.3 Å². The van der Waals surface area contributed by atoms with E-state index in [-0.39, 0.29) is 11.8 Å². The number of benzene rings is 1. The molecule has 0 fully saturated rings. The van der Waals surface area contributed by atoms with Crippen LogP contribution in [-0.2, 0) is 0 Å². The van der Waals surface area contributed by atoms with Crippen LogP contribution in [0.25, 0.3) is 21.8 Å². The summed E-state index contributed by atoms with van der Waals surface area (Å²) in [6.45, 7) is -1.17. The zero-order valence-corrected chi connectivity index (χ0v) is 13.3. The number of fused-ring (bicyclic) bond motifs is 2. The number of nitrogens with one attached hydrogen (secondary N) is 3. The third-order valence-electron chi connectivity index (χ3n) is 3.77. The normalized spacial score (nSPS) is 11.8. The van der Waals surface area contributed by atoms with Crippen LogP contribution in [-0.4, -0.2) is 32.7 Å². The highest BCUT2D eigenvalue weighted by atomic mass is 19.4. The van der Waals surface area contributed by atoms with Gasteiger partial charge in [0.2, 0.25) is 5.95 Å². The number of aromatic amines is 1. The lowest BCUT2D eigenvalue weighted by Crippen LogP contribution is -2.22. The smallest absolute Gasteiger partial charge is 0.360 e. The number of hydrogen-bond acceptors (Lipinski definition) is 5. The first kappa shape index (κ1) is 16.1. The molecule has 0 amide bonds. The number of rotatable bonds is 4. The van der Waals surface area contributed by atoms with Gasteiger partial charge in [0.15, 0.2) is 0 Å². The molecule has 0 saturated heterocycles. The fraction of sp³-hybridized carbons (Fsp3) is 0.118. The van der Waals surface area contributed by atoms with Crippen molar-refractivity contribution in [1.82, 2.24) is 19.9 Å². The molecule has 26 heavy (non-hydrogen) atoms. The number of alkyl halides is 3. The van der Waals surface area contributed by atoms with Gasteiger partial charge in [-0.15, -0.1) is 0 Å². The summed E-state index contributed by atoms with van der Waals surface area (Å²) in [5, 5.41) is 7.80. The van der Waals surface area contributed by atoms with E-state index in [0.29, 0.717) is 11.0 Å². The second-order valence-electron chi connectivity index (χ2n) is 5.67. The second-order valence-corrected chi connectivity index (χ2v) is 5.67. The van der Waals surface area contributed by atoms with Gasteiger partial charge in [-0.05, 0) is 29.7 Å². The summed E-state index contributed by atoms with van der Waals surface area (Å²) in [4.78, 5) is 15.4. The Labute approximate surface area is 145 Å². The highest BCUT2D eigenvalue weighted by molar-refractivity contribution is 5.89. The van der Waals surface area contributed by atoms with Crippen molar-refractivity contribution in [3.63, 3.8) is 0 Å². The third-order valence-corrected chi connectivity index (χ3v) is 3.77. The van der Waals surface area contributed by atoms with E-state index < -0.39 is 12.7 Å². The van der Waals surface area contributed by atoms with E-state index in [2.05, 4.69) is 30.6 Å². The molecule has 6 nitrogen and oxygen atoms in total. The van der Waals surface area contributed by atoms with Gasteiger partial charge in [-0.3, -0.25) is 4.98 Å². The zero-order valence-electron chi connectivity index (χ0n) is 13.3. The van der Waals surface area contributed by atoms with Crippen molar-refractivity contribution in [2.24, 2.45) is 0 Å². The van der Waals surface area contributed by atoms with E-state index in [1.54, 1.807) is 24.7 Å². The highest BCUT2D eigenvalue weighted by Crippen LogP contribution is 2.25. The summed E-state index contributed by atoms with van der Waals surface area (Å²) in [6, 6.07) is 9.10. The molecule has 0 aliphatic rings. The summed E-state index contributed by atoms with van der Waals surface area (Å²) in [5.41, 5.74) is 1.16. The quantitative estimate of drug-likeness (QED) is 0.509. The molecule has 0 bridgehead atoms. The molecule has 3 heterocycles. The molecule has 3 N–H and O–H groups in total. The zero-order chi connectivity index (χ0) is 18.1. The van der Waals surface area contributed by atoms with Crippen LogP contribution in [0.5, 0.6) is 0 Å². The predicted molar refractivity (Wildman–Crippen MR) is 93.5 cm³/mol. The molecule has 0 aliphatic heterocycles. The van der Waals surface area contributed by atoms with Gasteiger partial charge in [0, 0.05) is 29.7 Å². The van der Waals surface area contributed by atoms with Crippen LogP contribution in [0.4, 0.5) is 30.6 Å². The fourth-order valence-electron chi connectivity index (χ4n) is 2.61. The molecule has 9 heteroatoms. The minimum atomic E-state index is -4.34. The topological polar surface area (TPSA) is 78.5 Å². The number of pyridine rings is 1. The van der Waals surface area contributed by atoms with Crippen LogP contribution >= 0.6 is 0 Å². The van der Waals surface area contributed by atoms with Crippen LogP contribution < -0.4 is 10.6 Å². The average Bonchev–Trinajstić information content (AvgIpc) is 3.07. The molecule has 0 atom stereocenters. The number of halogens is 3. The van der Waals surface area contributed by atoms with Crippen molar-refractivity contribution in [3.05, 3.63) is 48.9 Å². The van der Waals surface area contributed by atoms with Gasteiger partial charge in [-0.2, -0.15) is 23.1 Å². The van der Waals surface area contributed by atoms with Crippen molar-refractivity contribution in [2.45, 2.75) is 6.18 Å². The maximum atomic E-state index is 12.5. The lowest BCUT2D eigenvalue weighted by molar-refractivity contribution is -0.115. The van der Waals surface area contributed by atoms with Gasteiger partial charge in [0.05, 0.1) is 5.39 Å². The molecule has 0 radical (unpaired) electrons. The van der Waals surface area contributed by atoms with Gasteiger partial charge >= 0.3 is 6.18 Å². The standard InChI is InChI=1S/C17H13F3N6/c18-17(19,20)9-23-15-13-4-6-22-14(13)25-16(26-15)24-12-2-1-11-8-21-5-3-10(11)7-12/h1-8H,9H2,(H3,22,23,24,25,26). The van der Waals surface area contributed by atoms with Gasteiger partial charge < -0.3 is 15.6 Å². The van der Waals surface area contributed by atoms with Crippen molar-refractivity contribution in [1.29, 1.82) is 0 Å². The SMILES string of the molecule is FC(F)(F)CNc1nc(Nc2ccc3cnccc3c2)nc2[nH]ccc12. The van der Waals surface area contributed by atoms with Gasteiger partial charge in [0.25, 0.3) is 0 Å². The Kier molecular flexibility index (Phi) is 3.83. The first-order valence-corrected chi connectivity index (χ1v) is 7.74. The van der Waals surface area contributed by atoms with E-state index in [0.717, 1.165) is 16.5 Å². The average molecular weight is 358 g/mol. The van der Waals surface area contributed by atoms with E-state index in [9.17, 15) is 13.2 Å². The fourth-order valence-corrected chi connectivity index (χ4v) is 2.61. The molecule has 0 unspecified atom stereocenters. The molecule has 0 aliphatic carbocycles. The van der Waals surface area contributed by atoms with Crippen LogP contribution in [0.3, 0.4) is 0 Å². The Balaban J connectivity index is 1.66. The first-order chi connectivity index (χ1) is 12.5. The second kappa shape index (κ2) is 6.17. The monoisotopic (exact) mass is 358 g/mol. The Morgan fingerprint density at radius 1 is 1.04 bits per heavy atom. The highest BCUT2D eigenvalue weighted by Gasteiger charge is 2.27. The maximum Gasteiger partial charge on any atom is 0.405 e. The van der Waals surface area contributed by atoms with Crippen LogP contribution in [0.1, 0.15) is 0 Å². The Morgan fingerprint density at radius 3 is 2.77 bits per heavy atom. The minimum Gasteiger partial charge on any atom is -0.360 e. The molecule has 0 spiro atoms. The summed E-state index contributed by atoms with van der Waals surface area (Å²) in [5.74, 6) is 0.305. The molecular weight excluding hydrogens is 345 g/mol. The van der Waals surface area contributed by atoms with Crippen molar-refractivity contribution >= 4 is 39.3 Å². The van der Waals surface area contributed by atoms with Gasteiger partial charge in [0.1, 0.15) is 18.0 Å². The summed E-state index contributed by atoms with van der Waals surface area (Å²) < 4.78 is 37.6. The van der Waals surface area contributed by atoms with E-state index in [4.69, 9.17) is 0 Å². The molecular formula is C17H13F3N6. The Morgan fingerprint density at radius 2 is 1.92 bits per heavy atom. The predicted octanol–water partition coefficient (Wildman–Crippen LogP) is 4.22. The van der Waals surface area contributed by atoms with Crippen LogP contribution in [0.2, 0.25) is 0 Å². The minimum absolute atomic E-state index is 0.112. The summed E-state index contributed by atoms with van der Waals surface area (Å²) >= 11 is 0. The first-order valence-electron chi connectivity index (χ1n) is 7.74. The maximum absolute atomic E-state index is 12.5. The van der Waals surface area contributed by atoms with E-state index >= 15 is 0 Å². The molecule has 1 aromatic carbocycles. The lowest BCUT2D eigenvalue weighted by Gasteiger charge is -2.12. The van der Waals surface area contributed by atoms with Crippen molar-refractivity contribution in [2.75, 3.05) is 17.2 Å².